The molecule has 4 nitrogen and oxygen atoms in total. The molecule has 0 amide bonds. The number of carbonyl (C=O) groups is 2. The average Bonchev–Trinajstić information content (AvgIpc) is 2.05. The van der Waals surface area contributed by atoms with Crippen molar-refractivity contribution in [1.29, 1.82) is 0 Å². The van der Waals surface area contributed by atoms with Crippen LogP contribution < -0.4 is 0 Å². The van der Waals surface area contributed by atoms with Crippen molar-refractivity contribution < 1.29 is 14.7 Å². The zero-order valence-corrected chi connectivity index (χ0v) is 7.49. The molecule has 0 radical (unpaired) electrons. The lowest BCUT2D eigenvalue weighted by molar-refractivity contribution is -0.144. The first-order valence-electron chi connectivity index (χ1n) is 4.07. The lowest BCUT2D eigenvalue weighted by Crippen LogP contribution is -2.41. The molecule has 1 N–H and O–H groups in total. The predicted octanol–water partition coefficient (Wildman–Crippen LogP) is 0.370. The molecule has 1 atom stereocenters. The van der Waals surface area contributed by atoms with E-state index in [0.29, 0.717) is 19.4 Å². The summed E-state index contributed by atoms with van der Waals surface area (Å²) in [5.74, 6) is -0.925. The molecule has 0 aliphatic rings. The fourth-order valence-corrected chi connectivity index (χ4v) is 1.16. The van der Waals surface area contributed by atoms with Gasteiger partial charge in [0.2, 0.25) is 0 Å². The van der Waals surface area contributed by atoms with Crippen molar-refractivity contribution in [3.8, 4) is 0 Å². The van der Waals surface area contributed by atoms with Gasteiger partial charge in [-0.25, -0.2) is 0 Å². The van der Waals surface area contributed by atoms with Gasteiger partial charge in [-0.1, -0.05) is 13.8 Å². The second-order valence-corrected chi connectivity index (χ2v) is 2.48. The Morgan fingerprint density at radius 2 is 2.00 bits per heavy atom. The molecule has 0 aromatic carbocycles. The maximum atomic E-state index is 10.6. The Morgan fingerprint density at radius 3 is 2.25 bits per heavy atom. The van der Waals surface area contributed by atoms with E-state index in [1.807, 2.05) is 13.8 Å². The molecule has 0 aliphatic heterocycles. The Hall–Kier alpha value is -0.900. The molecule has 0 aromatic heterocycles. The van der Waals surface area contributed by atoms with E-state index in [4.69, 9.17) is 5.11 Å². The van der Waals surface area contributed by atoms with E-state index in [1.54, 1.807) is 4.90 Å². The number of hydrogen-bond donors (Lipinski definition) is 1. The molecule has 0 rings (SSSR count). The molecular formula is C8H15NO3. The number of likely N-dealkylation sites (N-methyl/N-ethyl adjacent to an activating group) is 1. The van der Waals surface area contributed by atoms with Crippen LogP contribution in [0.3, 0.4) is 0 Å². The first kappa shape index (κ1) is 11.1. The van der Waals surface area contributed by atoms with Crippen LogP contribution in [0.15, 0.2) is 0 Å². The predicted molar refractivity (Wildman–Crippen MR) is 45.0 cm³/mol. The van der Waals surface area contributed by atoms with Crippen LogP contribution in [-0.2, 0) is 9.59 Å². The summed E-state index contributed by atoms with van der Waals surface area (Å²) in [6.07, 6.45) is 0.716. The Labute approximate surface area is 72.2 Å². The maximum Gasteiger partial charge on any atom is 0.321 e. The number of nitrogens with zero attached hydrogens (tertiary/aromatic N) is 1. The van der Waals surface area contributed by atoms with E-state index in [-0.39, 0.29) is 6.42 Å². The molecule has 0 spiro atoms. The quantitative estimate of drug-likeness (QED) is 0.589. The largest absolute Gasteiger partial charge is 0.480 e. The maximum absolute atomic E-state index is 10.6. The second kappa shape index (κ2) is 5.71. The molecule has 0 fully saturated rings. The van der Waals surface area contributed by atoms with Crippen LogP contribution in [0.2, 0.25) is 0 Å². The number of carboxylic acid groups (broad SMARTS) is 1. The van der Waals surface area contributed by atoms with Crippen molar-refractivity contribution in [3.63, 3.8) is 0 Å². The smallest absolute Gasteiger partial charge is 0.321 e. The minimum atomic E-state index is -0.925. The van der Waals surface area contributed by atoms with E-state index in [0.717, 1.165) is 0 Å². The van der Waals surface area contributed by atoms with Gasteiger partial charge in [0.15, 0.2) is 0 Å². The van der Waals surface area contributed by atoms with E-state index in [9.17, 15) is 9.59 Å². The third kappa shape index (κ3) is 3.00. The molecular weight excluding hydrogens is 158 g/mol. The standard InChI is InChI=1S/C8H15NO3/c1-3-9(4-2)7(5-6-10)8(11)12/h6-7H,3-5H2,1-2H3,(H,11,12). The molecule has 70 valence electrons. The SMILES string of the molecule is CCN(CC)C(CC=O)C(=O)O. The number of aliphatic carboxylic acids is 1. The topological polar surface area (TPSA) is 57.6 Å². The Bertz CT molecular complexity index is 154. The lowest BCUT2D eigenvalue weighted by atomic mass is 10.2. The molecule has 0 bridgehead atoms. The highest BCUT2D eigenvalue weighted by Gasteiger charge is 2.22. The molecule has 0 aromatic rings. The van der Waals surface area contributed by atoms with Gasteiger partial charge in [0, 0.05) is 6.42 Å². The number of hydrogen-bond acceptors (Lipinski definition) is 3. The molecule has 0 heterocycles. The summed E-state index contributed by atoms with van der Waals surface area (Å²) in [6, 6.07) is -0.655. The minimum absolute atomic E-state index is 0.0665. The molecule has 0 saturated carbocycles. The summed E-state index contributed by atoms with van der Waals surface area (Å²) in [7, 11) is 0. The Morgan fingerprint density at radius 1 is 1.50 bits per heavy atom. The van der Waals surface area contributed by atoms with Crippen LogP contribution in [0.4, 0.5) is 0 Å². The average molecular weight is 173 g/mol. The van der Waals surface area contributed by atoms with Crippen LogP contribution in [0, 0.1) is 0 Å². The number of carboxylic acids is 1. The lowest BCUT2D eigenvalue weighted by Gasteiger charge is -2.24. The van der Waals surface area contributed by atoms with Crippen LogP contribution >= 0.6 is 0 Å². The van der Waals surface area contributed by atoms with E-state index in [2.05, 4.69) is 0 Å². The highest BCUT2D eigenvalue weighted by Crippen LogP contribution is 2.02. The summed E-state index contributed by atoms with van der Waals surface area (Å²) < 4.78 is 0. The first-order valence-corrected chi connectivity index (χ1v) is 4.07. The van der Waals surface area contributed by atoms with Gasteiger partial charge < -0.3 is 9.90 Å². The monoisotopic (exact) mass is 173 g/mol. The minimum Gasteiger partial charge on any atom is -0.480 e. The van der Waals surface area contributed by atoms with Gasteiger partial charge in [0.25, 0.3) is 0 Å². The van der Waals surface area contributed by atoms with Gasteiger partial charge in [-0.05, 0) is 13.1 Å². The summed E-state index contributed by atoms with van der Waals surface area (Å²) in [5.41, 5.74) is 0. The Kier molecular flexibility index (Phi) is 5.28. The van der Waals surface area contributed by atoms with Crippen molar-refractivity contribution in [2.45, 2.75) is 26.3 Å². The van der Waals surface area contributed by atoms with Crippen molar-refractivity contribution >= 4 is 12.3 Å². The van der Waals surface area contributed by atoms with Gasteiger partial charge >= 0.3 is 5.97 Å². The highest BCUT2D eigenvalue weighted by molar-refractivity contribution is 5.76. The fraction of sp³-hybridized carbons (Fsp3) is 0.750. The molecule has 4 heteroatoms. The number of rotatable bonds is 6. The summed E-state index contributed by atoms with van der Waals surface area (Å²) in [6.45, 7) is 5.07. The van der Waals surface area contributed by atoms with Crippen LogP contribution in [0.5, 0.6) is 0 Å². The summed E-state index contributed by atoms with van der Waals surface area (Å²) >= 11 is 0. The highest BCUT2D eigenvalue weighted by atomic mass is 16.4. The van der Waals surface area contributed by atoms with Gasteiger partial charge in [-0.2, -0.15) is 0 Å². The number of aldehydes is 1. The van der Waals surface area contributed by atoms with Gasteiger partial charge in [-0.15, -0.1) is 0 Å². The van der Waals surface area contributed by atoms with Crippen molar-refractivity contribution in [2.24, 2.45) is 0 Å². The third-order valence-corrected chi connectivity index (χ3v) is 1.86. The summed E-state index contributed by atoms with van der Waals surface area (Å²) in [4.78, 5) is 22.6. The van der Waals surface area contributed by atoms with Crippen molar-refractivity contribution in [2.75, 3.05) is 13.1 Å². The van der Waals surface area contributed by atoms with Crippen molar-refractivity contribution in [1.82, 2.24) is 4.90 Å². The van der Waals surface area contributed by atoms with Crippen LogP contribution in [0.25, 0.3) is 0 Å². The van der Waals surface area contributed by atoms with E-state index in [1.165, 1.54) is 0 Å². The molecule has 0 saturated heterocycles. The van der Waals surface area contributed by atoms with Crippen molar-refractivity contribution in [3.05, 3.63) is 0 Å². The van der Waals surface area contributed by atoms with E-state index < -0.39 is 12.0 Å². The molecule has 1 unspecified atom stereocenters. The normalized spacial score (nSPS) is 12.9. The molecule has 0 aliphatic carbocycles. The number of carbonyl (C=O) groups excluding carboxylic acids is 1. The van der Waals surface area contributed by atoms with Crippen LogP contribution in [0.1, 0.15) is 20.3 Å². The summed E-state index contributed by atoms with van der Waals surface area (Å²) in [5, 5.41) is 8.74. The Balaban J connectivity index is 4.24. The van der Waals surface area contributed by atoms with Gasteiger partial charge in [-0.3, -0.25) is 9.69 Å². The fourth-order valence-electron chi connectivity index (χ4n) is 1.16. The molecule has 12 heavy (non-hydrogen) atoms. The van der Waals surface area contributed by atoms with Gasteiger partial charge in [0.1, 0.15) is 12.3 Å². The first-order chi connectivity index (χ1) is 5.67. The zero-order valence-electron chi connectivity index (χ0n) is 7.49. The second-order valence-electron chi connectivity index (χ2n) is 2.48. The van der Waals surface area contributed by atoms with E-state index >= 15 is 0 Å². The van der Waals surface area contributed by atoms with Gasteiger partial charge in [0.05, 0.1) is 0 Å². The third-order valence-electron chi connectivity index (χ3n) is 1.86. The zero-order chi connectivity index (χ0) is 9.56. The van der Waals surface area contributed by atoms with Crippen LogP contribution in [-0.4, -0.2) is 41.4 Å².